The van der Waals surface area contributed by atoms with Gasteiger partial charge in [-0.05, 0) is 24.5 Å². The maximum absolute atomic E-state index is 9.80. The first-order valence-electron chi connectivity index (χ1n) is 5.36. The van der Waals surface area contributed by atoms with Crippen molar-refractivity contribution in [2.75, 3.05) is 6.54 Å². The van der Waals surface area contributed by atoms with Gasteiger partial charge in [-0.2, -0.15) is 0 Å². The summed E-state index contributed by atoms with van der Waals surface area (Å²) in [6, 6.07) is 6.01. The number of nitrogens with one attached hydrogen (secondary N) is 1. The summed E-state index contributed by atoms with van der Waals surface area (Å²) in [4.78, 5) is 0. The van der Waals surface area contributed by atoms with Crippen LogP contribution in [0.2, 0.25) is 0 Å². The molecule has 3 N–H and O–H groups in total. The lowest BCUT2D eigenvalue weighted by molar-refractivity contribution is -0.171. The fourth-order valence-electron chi connectivity index (χ4n) is 2.06. The third-order valence-electron chi connectivity index (χ3n) is 3.08. The maximum Gasteiger partial charge on any atom is 0.203 e. The van der Waals surface area contributed by atoms with Crippen molar-refractivity contribution in [3.8, 4) is 0 Å². The van der Waals surface area contributed by atoms with Crippen molar-refractivity contribution in [1.82, 2.24) is 5.32 Å². The van der Waals surface area contributed by atoms with E-state index in [0.717, 1.165) is 12.0 Å². The smallest absolute Gasteiger partial charge is 0.203 e. The van der Waals surface area contributed by atoms with Crippen LogP contribution < -0.4 is 5.32 Å². The van der Waals surface area contributed by atoms with Crippen molar-refractivity contribution in [2.24, 2.45) is 0 Å². The first-order valence-corrected chi connectivity index (χ1v) is 5.36. The highest BCUT2D eigenvalue weighted by atomic mass is 16.5. The average molecular weight is 207 g/mol. The minimum absolute atomic E-state index is 0.180. The van der Waals surface area contributed by atoms with Gasteiger partial charge in [-0.1, -0.05) is 25.1 Å². The maximum atomic E-state index is 9.80. The molecule has 0 aliphatic carbocycles. The predicted molar refractivity (Wildman–Crippen MR) is 58.4 cm³/mol. The van der Waals surface area contributed by atoms with E-state index >= 15 is 0 Å². The van der Waals surface area contributed by atoms with Crippen LogP contribution in [0.3, 0.4) is 0 Å². The predicted octanol–water partition coefficient (Wildman–Crippen LogP) is 1.05. The lowest BCUT2D eigenvalue weighted by Gasteiger charge is -2.34. The number of aryl methyl sites for hydroxylation is 1. The second-order valence-corrected chi connectivity index (χ2v) is 4.19. The molecular formula is C12H17NO2. The normalized spacial score (nSPS) is 23.6. The molecule has 0 fully saturated rings. The van der Waals surface area contributed by atoms with Crippen molar-refractivity contribution < 1.29 is 10.2 Å². The van der Waals surface area contributed by atoms with E-state index < -0.39 is 5.79 Å². The second-order valence-electron chi connectivity index (χ2n) is 4.19. The Morgan fingerprint density at radius 3 is 2.87 bits per heavy atom. The zero-order chi connectivity index (χ0) is 11.1. The van der Waals surface area contributed by atoms with E-state index in [-0.39, 0.29) is 12.6 Å². The molecule has 0 radical (unpaired) electrons. The number of β-amino-alcohol motifs (C(OH)–C–C–N with tert-alkyl or cyclic N) is 2. The number of hydrogen-bond acceptors (Lipinski definition) is 3. The molecule has 15 heavy (non-hydrogen) atoms. The van der Waals surface area contributed by atoms with E-state index in [9.17, 15) is 10.2 Å². The molecule has 1 aliphatic heterocycles. The summed E-state index contributed by atoms with van der Waals surface area (Å²) in [5.41, 5.74) is 2.84. The van der Waals surface area contributed by atoms with Gasteiger partial charge >= 0.3 is 0 Å². The Morgan fingerprint density at radius 2 is 2.20 bits per heavy atom. The van der Waals surface area contributed by atoms with Crippen LogP contribution in [-0.4, -0.2) is 16.8 Å². The highest BCUT2D eigenvalue weighted by Gasteiger charge is 2.34. The zero-order valence-electron chi connectivity index (χ0n) is 9.12. The van der Waals surface area contributed by atoms with Crippen molar-refractivity contribution in [3.63, 3.8) is 0 Å². The Bertz CT molecular complexity index is 374. The van der Waals surface area contributed by atoms with Gasteiger partial charge in [-0.15, -0.1) is 0 Å². The van der Waals surface area contributed by atoms with Crippen molar-refractivity contribution in [3.05, 3.63) is 34.9 Å². The van der Waals surface area contributed by atoms with Crippen LogP contribution in [0.15, 0.2) is 18.2 Å². The standard InChI is InChI=1S/C12H17NO2/c1-3-9-4-5-11-10(6-9)8(2)13-7-12(11,14)15/h4-6,8,13-15H,3,7H2,1-2H3. The first-order chi connectivity index (χ1) is 7.04. The number of benzene rings is 1. The quantitative estimate of drug-likeness (QED) is 0.603. The van der Waals surface area contributed by atoms with E-state index in [1.165, 1.54) is 5.56 Å². The molecule has 3 nitrogen and oxygen atoms in total. The molecule has 3 heteroatoms. The van der Waals surface area contributed by atoms with Crippen LogP contribution >= 0.6 is 0 Å². The van der Waals surface area contributed by atoms with Gasteiger partial charge in [0.15, 0.2) is 0 Å². The molecule has 0 saturated heterocycles. The van der Waals surface area contributed by atoms with Crippen LogP contribution in [0, 0.1) is 0 Å². The van der Waals surface area contributed by atoms with Gasteiger partial charge in [0.2, 0.25) is 5.79 Å². The third kappa shape index (κ3) is 1.78. The van der Waals surface area contributed by atoms with Gasteiger partial charge in [0.1, 0.15) is 0 Å². The van der Waals surface area contributed by atoms with Crippen LogP contribution in [-0.2, 0) is 12.2 Å². The summed E-state index contributed by atoms with van der Waals surface area (Å²) in [5.74, 6) is -1.73. The molecule has 0 saturated carbocycles. The number of rotatable bonds is 1. The molecule has 1 unspecified atom stereocenters. The average Bonchev–Trinajstić information content (AvgIpc) is 2.23. The van der Waals surface area contributed by atoms with E-state index in [0.29, 0.717) is 5.56 Å². The molecule has 2 rings (SSSR count). The van der Waals surface area contributed by atoms with Crippen LogP contribution in [0.4, 0.5) is 0 Å². The summed E-state index contributed by atoms with van der Waals surface area (Å²) in [7, 11) is 0. The molecule has 0 spiro atoms. The molecule has 0 aromatic heterocycles. The van der Waals surface area contributed by atoms with Crippen molar-refractivity contribution in [2.45, 2.75) is 32.1 Å². The number of fused-ring (bicyclic) bond motifs is 1. The van der Waals surface area contributed by atoms with Gasteiger partial charge in [-0.25, -0.2) is 0 Å². The summed E-state index contributed by atoms with van der Waals surface area (Å²) < 4.78 is 0. The fourth-order valence-corrected chi connectivity index (χ4v) is 2.06. The van der Waals surface area contributed by atoms with E-state index in [1.54, 1.807) is 0 Å². The Hall–Kier alpha value is -0.900. The summed E-state index contributed by atoms with van der Waals surface area (Å²) >= 11 is 0. The van der Waals surface area contributed by atoms with E-state index in [4.69, 9.17) is 0 Å². The molecule has 1 heterocycles. The lowest BCUT2D eigenvalue weighted by Crippen LogP contribution is -2.44. The van der Waals surface area contributed by atoms with Crippen LogP contribution in [0.25, 0.3) is 0 Å². The highest BCUT2D eigenvalue weighted by Crippen LogP contribution is 2.31. The van der Waals surface area contributed by atoms with Gasteiger partial charge in [0, 0.05) is 11.6 Å². The SMILES string of the molecule is CCc1ccc2c(c1)C(C)NCC2(O)O. The van der Waals surface area contributed by atoms with Gasteiger partial charge in [0.05, 0.1) is 6.54 Å². The molecular weight excluding hydrogens is 190 g/mol. The largest absolute Gasteiger partial charge is 0.361 e. The Balaban J connectivity index is 2.52. The van der Waals surface area contributed by atoms with Crippen LogP contribution in [0.1, 0.15) is 36.6 Å². The molecule has 0 bridgehead atoms. The van der Waals surface area contributed by atoms with Crippen LogP contribution in [0.5, 0.6) is 0 Å². The Labute approximate surface area is 89.8 Å². The second kappa shape index (κ2) is 3.59. The van der Waals surface area contributed by atoms with Gasteiger partial charge < -0.3 is 15.5 Å². The molecule has 1 aliphatic rings. The first kappa shape index (κ1) is 10.6. The molecule has 1 aromatic carbocycles. The van der Waals surface area contributed by atoms with Gasteiger partial charge in [0.25, 0.3) is 0 Å². The number of aliphatic hydroxyl groups is 2. The summed E-state index contributed by atoms with van der Waals surface area (Å²) in [6.45, 7) is 4.31. The van der Waals surface area contributed by atoms with E-state index in [2.05, 4.69) is 12.2 Å². The van der Waals surface area contributed by atoms with Crippen molar-refractivity contribution in [1.29, 1.82) is 0 Å². The third-order valence-corrected chi connectivity index (χ3v) is 3.08. The minimum Gasteiger partial charge on any atom is -0.361 e. The Morgan fingerprint density at radius 1 is 1.47 bits per heavy atom. The summed E-state index contributed by atoms with van der Waals surface area (Å²) in [5, 5.41) is 22.7. The molecule has 1 aromatic rings. The topological polar surface area (TPSA) is 52.5 Å². The Kier molecular flexibility index (Phi) is 2.54. The zero-order valence-corrected chi connectivity index (χ0v) is 9.12. The van der Waals surface area contributed by atoms with Gasteiger partial charge in [-0.3, -0.25) is 0 Å². The molecule has 82 valence electrons. The van der Waals surface area contributed by atoms with E-state index in [1.807, 2.05) is 25.1 Å². The minimum atomic E-state index is -1.73. The number of hydrogen-bond donors (Lipinski definition) is 3. The summed E-state index contributed by atoms with van der Waals surface area (Å²) in [6.07, 6.45) is 0.962. The van der Waals surface area contributed by atoms with Crippen molar-refractivity contribution >= 4 is 0 Å². The lowest BCUT2D eigenvalue weighted by atomic mass is 9.89. The molecule has 1 atom stereocenters. The molecule has 0 amide bonds. The highest BCUT2D eigenvalue weighted by molar-refractivity contribution is 5.38. The fraction of sp³-hybridized carbons (Fsp3) is 0.500. The monoisotopic (exact) mass is 207 g/mol.